The van der Waals surface area contributed by atoms with Crippen molar-refractivity contribution in [2.75, 3.05) is 0 Å². The molecule has 16 heavy (non-hydrogen) atoms. The van der Waals surface area contributed by atoms with Crippen LogP contribution in [0.1, 0.15) is 22.5 Å². The molecule has 78 valence electrons. The normalized spacial score (nSPS) is 12.8. The van der Waals surface area contributed by atoms with E-state index >= 15 is 0 Å². The van der Waals surface area contributed by atoms with Crippen LogP contribution < -0.4 is 0 Å². The summed E-state index contributed by atoms with van der Waals surface area (Å²) in [5.74, 6) is 8.65. The fraction of sp³-hybridized carbons (Fsp3) is 0.200. The van der Waals surface area contributed by atoms with E-state index in [9.17, 15) is 0 Å². The first-order valence-corrected chi connectivity index (χ1v) is 5.21. The van der Waals surface area contributed by atoms with Crippen LogP contribution in [0.25, 0.3) is 12.2 Å². The van der Waals surface area contributed by atoms with Gasteiger partial charge in [0.25, 0.3) is 0 Å². The number of aromatic nitrogens is 1. The van der Waals surface area contributed by atoms with Crippen molar-refractivity contribution in [1.29, 1.82) is 0 Å². The maximum Gasteiger partial charge on any atom is 0.0460 e. The molecule has 2 rings (SSSR count). The van der Waals surface area contributed by atoms with Crippen molar-refractivity contribution in [3.8, 4) is 24.2 Å². The third kappa shape index (κ3) is 1.58. The Morgan fingerprint density at radius 3 is 3.12 bits per heavy atom. The Balaban J connectivity index is 2.61. The van der Waals surface area contributed by atoms with Crippen molar-refractivity contribution in [2.45, 2.75) is 13.3 Å². The largest absolute Gasteiger partial charge is 0.344 e. The van der Waals surface area contributed by atoms with Gasteiger partial charge in [0.2, 0.25) is 0 Å². The third-order valence-electron chi connectivity index (χ3n) is 2.90. The summed E-state index contributed by atoms with van der Waals surface area (Å²) in [6.07, 6.45) is 13.7. The van der Waals surface area contributed by atoms with Gasteiger partial charge < -0.3 is 4.57 Å². The summed E-state index contributed by atoms with van der Waals surface area (Å²) in [4.78, 5) is 0. The Hall–Kier alpha value is -2.12. The number of allylic oxidation sites excluding steroid dienone is 2. The highest BCUT2D eigenvalue weighted by Gasteiger charge is 2.14. The van der Waals surface area contributed by atoms with Crippen molar-refractivity contribution in [2.24, 2.45) is 7.05 Å². The van der Waals surface area contributed by atoms with Gasteiger partial charge in [0.05, 0.1) is 0 Å². The van der Waals surface area contributed by atoms with Gasteiger partial charge in [0, 0.05) is 24.9 Å². The lowest BCUT2D eigenvalue weighted by Gasteiger charge is -2.00. The van der Waals surface area contributed by atoms with Crippen LogP contribution in [0.5, 0.6) is 0 Å². The first-order chi connectivity index (χ1) is 7.75. The molecule has 1 aliphatic carbocycles. The van der Waals surface area contributed by atoms with Crippen molar-refractivity contribution in [1.82, 2.24) is 4.57 Å². The van der Waals surface area contributed by atoms with E-state index < -0.39 is 0 Å². The molecule has 1 aliphatic rings. The second kappa shape index (κ2) is 4.17. The fourth-order valence-corrected chi connectivity index (χ4v) is 2.05. The van der Waals surface area contributed by atoms with Gasteiger partial charge in [-0.3, -0.25) is 0 Å². The molecule has 0 amide bonds. The highest BCUT2D eigenvalue weighted by Crippen LogP contribution is 2.25. The number of hydrogen-bond donors (Lipinski definition) is 0. The van der Waals surface area contributed by atoms with Gasteiger partial charge in [0.1, 0.15) is 0 Å². The lowest BCUT2D eigenvalue weighted by Crippen LogP contribution is -1.94. The van der Waals surface area contributed by atoms with Crippen LogP contribution in [-0.2, 0) is 13.5 Å². The molecule has 0 aromatic carbocycles. The quantitative estimate of drug-likeness (QED) is 0.624. The van der Waals surface area contributed by atoms with Crippen LogP contribution >= 0.6 is 0 Å². The molecule has 0 saturated heterocycles. The van der Waals surface area contributed by atoms with Gasteiger partial charge in [-0.1, -0.05) is 17.8 Å². The van der Waals surface area contributed by atoms with Gasteiger partial charge in [-0.2, -0.15) is 0 Å². The molecular weight excluding hydrogens is 194 g/mol. The van der Waals surface area contributed by atoms with Crippen LogP contribution in [0, 0.1) is 31.1 Å². The number of rotatable bonds is 1. The Labute approximate surface area is 96.5 Å². The minimum Gasteiger partial charge on any atom is -0.344 e. The number of hydrogen-bond acceptors (Lipinski definition) is 0. The van der Waals surface area contributed by atoms with E-state index in [-0.39, 0.29) is 0 Å². The van der Waals surface area contributed by atoms with E-state index in [0.717, 1.165) is 12.1 Å². The van der Waals surface area contributed by atoms with E-state index in [1.165, 1.54) is 16.8 Å². The summed E-state index contributed by atoms with van der Waals surface area (Å²) in [7, 11) is 2.05. The van der Waals surface area contributed by atoms with Crippen LogP contribution in [0.3, 0.4) is 0 Å². The Morgan fingerprint density at radius 1 is 1.56 bits per heavy atom. The summed E-state index contributed by atoms with van der Waals surface area (Å²) in [5.41, 5.74) is 4.95. The van der Waals surface area contributed by atoms with E-state index in [1.807, 2.05) is 12.2 Å². The van der Waals surface area contributed by atoms with Crippen LogP contribution in [0.15, 0.2) is 12.2 Å². The Bertz CT molecular complexity index is 578. The molecule has 1 nitrogen and oxygen atoms in total. The topological polar surface area (TPSA) is 4.93 Å². The minimum absolute atomic E-state index is 0.811. The van der Waals surface area contributed by atoms with Crippen LogP contribution in [0.2, 0.25) is 0 Å². The summed E-state index contributed by atoms with van der Waals surface area (Å²) in [6, 6.07) is 0. The second-order valence-corrected chi connectivity index (χ2v) is 3.76. The molecule has 1 aromatic heterocycles. The molecule has 0 atom stereocenters. The Morgan fingerprint density at radius 2 is 2.38 bits per heavy atom. The average molecular weight is 207 g/mol. The highest BCUT2D eigenvalue weighted by molar-refractivity contribution is 5.66. The monoisotopic (exact) mass is 207 g/mol. The molecule has 0 saturated carbocycles. The smallest absolute Gasteiger partial charge is 0.0460 e. The second-order valence-electron chi connectivity index (χ2n) is 3.76. The SMILES string of the molecule is C#C/C=C\c1c(C)c2c(n1C)C=CC#CC2. The van der Waals surface area contributed by atoms with E-state index in [0.29, 0.717) is 0 Å². The standard InChI is InChI=1S/C15H13N/c1-4-5-10-14-12(2)13-9-7-6-8-11-15(13)16(14)3/h1,5,8,10-11H,9H2,2-3H3/b10-5-. The van der Waals surface area contributed by atoms with Gasteiger partial charge in [-0.05, 0) is 42.4 Å². The zero-order valence-electron chi connectivity index (χ0n) is 9.54. The molecule has 0 radical (unpaired) electrons. The Kier molecular flexibility index (Phi) is 2.71. The first kappa shape index (κ1) is 10.4. The van der Waals surface area contributed by atoms with Crippen molar-refractivity contribution in [3.63, 3.8) is 0 Å². The lowest BCUT2D eigenvalue weighted by atomic mass is 10.1. The summed E-state index contributed by atoms with van der Waals surface area (Å²) >= 11 is 0. The van der Waals surface area contributed by atoms with Gasteiger partial charge in [-0.25, -0.2) is 0 Å². The average Bonchev–Trinajstić information content (AvgIpc) is 2.51. The maximum atomic E-state index is 5.24. The zero-order valence-corrected chi connectivity index (χ0v) is 9.54. The van der Waals surface area contributed by atoms with E-state index in [1.54, 1.807) is 6.08 Å². The molecule has 0 fully saturated rings. The molecule has 0 aliphatic heterocycles. The van der Waals surface area contributed by atoms with E-state index in [4.69, 9.17) is 6.42 Å². The number of terminal acetylenes is 1. The molecule has 0 bridgehead atoms. The summed E-state index contributed by atoms with van der Waals surface area (Å²) in [5, 5.41) is 0. The van der Waals surface area contributed by atoms with Crippen molar-refractivity contribution >= 4 is 12.2 Å². The molecular formula is C15H13N. The molecule has 0 spiro atoms. The van der Waals surface area contributed by atoms with Crippen LogP contribution in [-0.4, -0.2) is 4.57 Å². The highest BCUT2D eigenvalue weighted by atomic mass is 15.0. The molecule has 1 heterocycles. The van der Waals surface area contributed by atoms with Gasteiger partial charge >= 0.3 is 0 Å². The summed E-state index contributed by atoms with van der Waals surface area (Å²) in [6.45, 7) is 2.12. The van der Waals surface area contributed by atoms with Crippen molar-refractivity contribution < 1.29 is 0 Å². The van der Waals surface area contributed by atoms with E-state index in [2.05, 4.69) is 42.4 Å². The fourth-order valence-electron chi connectivity index (χ4n) is 2.05. The maximum absolute atomic E-state index is 5.24. The van der Waals surface area contributed by atoms with Gasteiger partial charge in [0.15, 0.2) is 0 Å². The first-order valence-electron chi connectivity index (χ1n) is 5.21. The predicted molar refractivity (Wildman–Crippen MR) is 68.5 cm³/mol. The zero-order chi connectivity index (χ0) is 11.5. The molecule has 0 unspecified atom stereocenters. The lowest BCUT2D eigenvalue weighted by molar-refractivity contribution is 0.895. The molecule has 1 heteroatoms. The molecule has 0 N–H and O–H groups in total. The number of nitrogens with zero attached hydrogens (tertiary/aromatic N) is 1. The van der Waals surface area contributed by atoms with Crippen molar-refractivity contribution in [3.05, 3.63) is 34.7 Å². The summed E-state index contributed by atoms with van der Waals surface area (Å²) < 4.78 is 2.16. The number of fused-ring (bicyclic) bond motifs is 1. The minimum atomic E-state index is 0.811. The predicted octanol–water partition coefficient (Wildman–Crippen LogP) is 2.55. The van der Waals surface area contributed by atoms with Gasteiger partial charge in [-0.15, -0.1) is 6.42 Å². The third-order valence-corrected chi connectivity index (χ3v) is 2.90. The molecule has 1 aromatic rings. The van der Waals surface area contributed by atoms with Crippen LogP contribution in [0.4, 0.5) is 0 Å².